The molecule has 0 atom stereocenters. The van der Waals surface area contributed by atoms with Crippen LogP contribution >= 0.6 is 11.3 Å². The number of hydrogen-bond acceptors (Lipinski definition) is 6. The van der Waals surface area contributed by atoms with Gasteiger partial charge in [-0.15, -0.1) is 0 Å². The summed E-state index contributed by atoms with van der Waals surface area (Å²) in [6.07, 6.45) is 5.95. The third-order valence-electron chi connectivity index (χ3n) is 3.94. The van der Waals surface area contributed by atoms with Crippen LogP contribution in [0.4, 0.5) is 0 Å². The summed E-state index contributed by atoms with van der Waals surface area (Å²) in [6, 6.07) is 1.39. The Kier molecular flexibility index (Phi) is 4.52. The molecule has 0 unspecified atom stereocenters. The minimum Gasteiger partial charge on any atom is -0.459 e. The Hall–Kier alpha value is -1.76. The molecule has 2 aromatic rings. The lowest BCUT2D eigenvalue weighted by molar-refractivity contribution is -0.151. The zero-order valence-electron chi connectivity index (χ0n) is 12.6. The summed E-state index contributed by atoms with van der Waals surface area (Å²) in [6.45, 7) is 2.04. The average molecular weight is 321 g/mol. The topological polar surface area (TPSA) is 73.6 Å². The molecule has 0 saturated heterocycles. The quantitative estimate of drug-likeness (QED) is 0.808. The van der Waals surface area contributed by atoms with Crippen molar-refractivity contribution in [3.63, 3.8) is 0 Å². The van der Waals surface area contributed by atoms with E-state index in [1.165, 1.54) is 28.3 Å². The molecule has 2 aromatic heterocycles. The lowest BCUT2D eigenvalue weighted by Crippen LogP contribution is -2.21. The number of aromatic nitrogens is 3. The molecule has 1 aliphatic carbocycles. The molecule has 7 heteroatoms. The van der Waals surface area contributed by atoms with Crippen LogP contribution in [0.5, 0.6) is 0 Å². The fourth-order valence-corrected chi connectivity index (χ4v) is 3.57. The second kappa shape index (κ2) is 6.56. The standard InChI is InChI=1S/C15H19N3O3S/c1-2-12-17-18-13(19)8-11(16-15(18)22-12)9-21-14(20)10-6-4-3-5-7-10/h8,10H,2-7,9H2,1H3. The lowest BCUT2D eigenvalue weighted by atomic mass is 9.89. The van der Waals surface area contributed by atoms with Crippen molar-refractivity contribution in [2.24, 2.45) is 5.92 Å². The molecule has 3 rings (SSSR count). The Bertz CT molecular complexity index is 731. The first-order valence-electron chi connectivity index (χ1n) is 7.72. The second-order valence-corrected chi connectivity index (χ2v) is 6.61. The van der Waals surface area contributed by atoms with Crippen LogP contribution in [0.1, 0.15) is 49.7 Å². The molecule has 22 heavy (non-hydrogen) atoms. The summed E-state index contributed by atoms with van der Waals surface area (Å²) in [7, 11) is 0. The smallest absolute Gasteiger partial charge is 0.309 e. The molecule has 0 radical (unpaired) electrons. The van der Waals surface area contributed by atoms with Gasteiger partial charge in [0.25, 0.3) is 5.56 Å². The lowest BCUT2D eigenvalue weighted by Gasteiger charge is -2.19. The number of rotatable bonds is 4. The van der Waals surface area contributed by atoms with Gasteiger partial charge in [0.05, 0.1) is 11.6 Å². The van der Waals surface area contributed by atoms with Gasteiger partial charge in [-0.05, 0) is 19.3 Å². The van der Waals surface area contributed by atoms with Crippen molar-refractivity contribution >= 4 is 22.3 Å². The van der Waals surface area contributed by atoms with Crippen molar-refractivity contribution in [1.29, 1.82) is 0 Å². The second-order valence-electron chi connectivity index (χ2n) is 5.57. The van der Waals surface area contributed by atoms with Crippen LogP contribution in [0.25, 0.3) is 4.96 Å². The first-order valence-corrected chi connectivity index (χ1v) is 8.54. The molecule has 0 aliphatic heterocycles. The predicted octanol–water partition coefficient (Wildman–Crippen LogP) is 2.34. The van der Waals surface area contributed by atoms with Crippen LogP contribution in [0.15, 0.2) is 10.9 Å². The Morgan fingerprint density at radius 3 is 2.91 bits per heavy atom. The van der Waals surface area contributed by atoms with E-state index in [0.29, 0.717) is 10.7 Å². The van der Waals surface area contributed by atoms with Crippen LogP contribution < -0.4 is 5.56 Å². The average Bonchev–Trinajstić information content (AvgIpc) is 2.97. The molecule has 0 spiro atoms. The van der Waals surface area contributed by atoms with E-state index in [-0.39, 0.29) is 24.1 Å². The molecular weight excluding hydrogens is 302 g/mol. The predicted molar refractivity (Wildman–Crippen MR) is 82.9 cm³/mol. The van der Waals surface area contributed by atoms with Crippen LogP contribution in [0.2, 0.25) is 0 Å². The van der Waals surface area contributed by atoms with Crippen LogP contribution in [-0.2, 0) is 22.6 Å². The summed E-state index contributed by atoms with van der Waals surface area (Å²) in [5.74, 6) is -0.158. The number of aryl methyl sites for hydroxylation is 1. The van der Waals surface area contributed by atoms with Gasteiger partial charge in [-0.1, -0.05) is 37.5 Å². The Morgan fingerprint density at radius 2 is 2.18 bits per heavy atom. The molecule has 0 amide bonds. The third-order valence-corrected chi connectivity index (χ3v) is 5.00. The van der Waals surface area contributed by atoms with E-state index in [4.69, 9.17) is 4.74 Å². The minimum absolute atomic E-state index is 0.00803. The van der Waals surface area contributed by atoms with Gasteiger partial charge in [-0.25, -0.2) is 4.98 Å². The largest absolute Gasteiger partial charge is 0.459 e. The summed E-state index contributed by atoms with van der Waals surface area (Å²) in [5.41, 5.74) is 0.255. The molecule has 1 fully saturated rings. The van der Waals surface area contributed by atoms with E-state index in [1.54, 1.807) is 0 Å². The molecule has 118 valence electrons. The Balaban J connectivity index is 1.71. The van der Waals surface area contributed by atoms with Crippen molar-refractivity contribution in [1.82, 2.24) is 14.6 Å². The fraction of sp³-hybridized carbons (Fsp3) is 0.600. The maximum absolute atomic E-state index is 12.0. The Labute approximate surface area is 132 Å². The zero-order valence-corrected chi connectivity index (χ0v) is 13.4. The van der Waals surface area contributed by atoms with Gasteiger partial charge >= 0.3 is 5.97 Å². The number of ether oxygens (including phenoxy) is 1. The number of fused-ring (bicyclic) bond motifs is 1. The minimum atomic E-state index is -0.232. The highest BCUT2D eigenvalue weighted by atomic mass is 32.1. The Morgan fingerprint density at radius 1 is 1.41 bits per heavy atom. The van der Waals surface area contributed by atoms with Gasteiger partial charge in [0.1, 0.15) is 11.6 Å². The maximum Gasteiger partial charge on any atom is 0.309 e. The summed E-state index contributed by atoms with van der Waals surface area (Å²) >= 11 is 1.39. The molecule has 0 N–H and O–H groups in total. The van der Waals surface area contributed by atoms with Gasteiger partial charge in [0.2, 0.25) is 4.96 Å². The van der Waals surface area contributed by atoms with Crippen molar-refractivity contribution in [2.75, 3.05) is 0 Å². The van der Waals surface area contributed by atoms with E-state index in [2.05, 4.69) is 10.1 Å². The van der Waals surface area contributed by atoms with Crippen molar-refractivity contribution in [2.45, 2.75) is 52.1 Å². The van der Waals surface area contributed by atoms with Gasteiger partial charge in [0, 0.05) is 6.07 Å². The summed E-state index contributed by atoms with van der Waals surface area (Å²) in [4.78, 5) is 28.9. The van der Waals surface area contributed by atoms with Gasteiger partial charge < -0.3 is 4.74 Å². The molecule has 1 saturated carbocycles. The number of carbonyl (C=O) groups excluding carboxylic acids is 1. The highest BCUT2D eigenvalue weighted by Crippen LogP contribution is 2.24. The number of nitrogens with zero attached hydrogens (tertiary/aromatic N) is 3. The molecule has 6 nitrogen and oxygen atoms in total. The van der Waals surface area contributed by atoms with Crippen molar-refractivity contribution < 1.29 is 9.53 Å². The zero-order chi connectivity index (χ0) is 15.5. The van der Waals surface area contributed by atoms with Crippen molar-refractivity contribution in [3.05, 3.63) is 27.1 Å². The highest BCUT2D eigenvalue weighted by molar-refractivity contribution is 7.16. The highest BCUT2D eigenvalue weighted by Gasteiger charge is 2.22. The first kappa shape index (κ1) is 15.1. The normalized spacial score (nSPS) is 16.0. The molecule has 2 heterocycles. The van der Waals surface area contributed by atoms with Gasteiger partial charge in [-0.3, -0.25) is 9.59 Å². The summed E-state index contributed by atoms with van der Waals surface area (Å²) in [5, 5.41) is 5.05. The fourth-order valence-electron chi connectivity index (χ4n) is 2.71. The summed E-state index contributed by atoms with van der Waals surface area (Å²) < 4.78 is 6.64. The van der Waals surface area contributed by atoms with Gasteiger partial charge in [0.15, 0.2) is 0 Å². The first-order chi connectivity index (χ1) is 10.7. The van der Waals surface area contributed by atoms with E-state index in [1.807, 2.05) is 6.92 Å². The van der Waals surface area contributed by atoms with E-state index in [9.17, 15) is 9.59 Å². The SMILES string of the molecule is CCc1nn2c(=O)cc(COC(=O)C3CCCCC3)nc2s1. The van der Waals surface area contributed by atoms with E-state index >= 15 is 0 Å². The number of hydrogen-bond donors (Lipinski definition) is 0. The molecule has 1 aliphatic rings. The van der Waals surface area contributed by atoms with E-state index in [0.717, 1.165) is 37.1 Å². The van der Waals surface area contributed by atoms with Crippen LogP contribution in [-0.4, -0.2) is 20.6 Å². The number of esters is 1. The van der Waals surface area contributed by atoms with Gasteiger partial charge in [-0.2, -0.15) is 9.61 Å². The molecule has 0 bridgehead atoms. The molecular formula is C15H19N3O3S. The maximum atomic E-state index is 12.0. The third kappa shape index (κ3) is 3.19. The molecule has 0 aromatic carbocycles. The van der Waals surface area contributed by atoms with E-state index < -0.39 is 0 Å². The van der Waals surface area contributed by atoms with Crippen LogP contribution in [0.3, 0.4) is 0 Å². The van der Waals surface area contributed by atoms with Crippen molar-refractivity contribution in [3.8, 4) is 0 Å². The van der Waals surface area contributed by atoms with Crippen LogP contribution in [0, 0.1) is 5.92 Å². The number of carbonyl (C=O) groups is 1. The monoisotopic (exact) mass is 321 g/mol.